The third-order valence-electron chi connectivity index (χ3n) is 3.89. The van der Waals surface area contributed by atoms with E-state index < -0.39 is 35.1 Å². The number of non-ortho nitro benzene ring substituents is 1. The van der Waals surface area contributed by atoms with E-state index in [0.29, 0.717) is 0 Å². The van der Waals surface area contributed by atoms with Gasteiger partial charge in [-0.2, -0.15) is 18.3 Å². The number of hydrogen-bond acceptors (Lipinski definition) is 6. The molecule has 8 nitrogen and oxygen atoms in total. The van der Waals surface area contributed by atoms with Crippen molar-refractivity contribution in [3.63, 3.8) is 0 Å². The molecule has 2 aromatic rings. The zero-order valence-electron chi connectivity index (χ0n) is 13.0. The highest BCUT2D eigenvalue weighted by Gasteiger charge is 2.41. The number of hydrogen-bond donors (Lipinski definition) is 0. The minimum Gasteiger partial charge on any atom is -0.431 e. The van der Waals surface area contributed by atoms with E-state index in [1.165, 1.54) is 24.3 Å². The SMILES string of the molecule is O=C(Oc1ccc([N+](=O)[O-])cc1)OC1CC(n2nccc2C(F)(F)F)C1. The average Bonchev–Trinajstić information content (AvgIpc) is 3.00. The summed E-state index contributed by atoms with van der Waals surface area (Å²) in [5, 5.41) is 14.2. The molecule has 1 saturated carbocycles. The number of benzene rings is 1. The Morgan fingerprint density at radius 1 is 1.23 bits per heavy atom. The van der Waals surface area contributed by atoms with Crippen molar-refractivity contribution in [3.05, 3.63) is 52.3 Å². The molecule has 1 fully saturated rings. The predicted molar refractivity (Wildman–Crippen MR) is 79.5 cm³/mol. The van der Waals surface area contributed by atoms with Gasteiger partial charge in [0, 0.05) is 31.2 Å². The van der Waals surface area contributed by atoms with Crippen molar-refractivity contribution < 1.29 is 32.4 Å². The summed E-state index contributed by atoms with van der Waals surface area (Å²) >= 11 is 0. The van der Waals surface area contributed by atoms with Crippen LogP contribution in [0.1, 0.15) is 24.6 Å². The highest BCUT2D eigenvalue weighted by atomic mass is 19.4. The summed E-state index contributed by atoms with van der Waals surface area (Å²) in [5.41, 5.74) is -1.01. The fourth-order valence-corrected chi connectivity index (χ4v) is 2.56. The van der Waals surface area contributed by atoms with Gasteiger partial charge in [0.15, 0.2) is 0 Å². The Bertz CT molecular complexity index is 813. The highest BCUT2D eigenvalue weighted by molar-refractivity contribution is 5.64. The van der Waals surface area contributed by atoms with Crippen molar-refractivity contribution in [2.45, 2.75) is 31.2 Å². The van der Waals surface area contributed by atoms with Crippen LogP contribution >= 0.6 is 0 Å². The van der Waals surface area contributed by atoms with E-state index in [4.69, 9.17) is 9.47 Å². The van der Waals surface area contributed by atoms with Gasteiger partial charge in [0.2, 0.25) is 0 Å². The van der Waals surface area contributed by atoms with Crippen molar-refractivity contribution >= 4 is 11.8 Å². The van der Waals surface area contributed by atoms with Gasteiger partial charge in [0.25, 0.3) is 5.69 Å². The van der Waals surface area contributed by atoms with Crippen LogP contribution in [0.15, 0.2) is 36.5 Å². The Kier molecular flexibility index (Phi) is 4.53. The lowest BCUT2D eigenvalue weighted by Gasteiger charge is -2.35. The Balaban J connectivity index is 1.50. The molecule has 0 bridgehead atoms. The Morgan fingerprint density at radius 3 is 2.46 bits per heavy atom. The number of rotatable bonds is 4. The van der Waals surface area contributed by atoms with Gasteiger partial charge in [-0.25, -0.2) is 4.79 Å². The summed E-state index contributed by atoms with van der Waals surface area (Å²) in [6, 6.07) is 5.18. The summed E-state index contributed by atoms with van der Waals surface area (Å²) in [6.45, 7) is 0. The molecule has 1 aliphatic rings. The number of carbonyl (C=O) groups is 1. The Morgan fingerprint density at radius 2 is 1.88 bits per heavy atom. The third kappa shape index (κ3) is 3.76. The van der Waals surface area contributed by atoms with Gasteiger partial charge in [0.1, 0.15) is 17.5 Å². The lowest BCUT2D eigenvalue weighted by molar-refractivity contribution is -0.384. The van der Waals surface area contributed by atoms with Crippen molar-refractivity contribution in [3.8, 4) is 5.75 Å². The van der Waals surface area contributed by atoms with Crippen LogP contribution in [0, 0.1) is 10.1 Å². The van der Waals surface area contributed by atoms with Crippen molar-refractivity contribution in [2.24, 2.45) is 0 Å². The molecule has 0 radical (unpaired) electrons. The average molecular weight is 371 g/mol. The maximum atomic E-state index is 12.8. The summed E-state index contributed by atoms with van der Waals surface area (Å²) in [7, 11) is 0. The van der Waals surface area contributed by atoms with Gasteiger partial charge < -0.3 is 9.47 Å². The van der Waals surface area contributed by atoms with Crippen LogP contribution in [-0.2, 0) is 10.9 Å². The largest absolute Gasteiger partial charge is 0.514 e. The van der Waals surface area contributed by atoms with Crippen molar-refractivity contribution in [1.82, 2.24) is 9.78 Å². The predicted octanol–water partition coefficient (Wildman–Crippen LogP) is 3.73. The van der Waals surface area contributed by atoms with Crippen LogP contribution in [0.25, 0.3) is 0 Å². The minimum atomic E-state index is -4.50. The van der Waals surface area contributed by atoms with Crippen LogP contribution in [0.2, 0.25) is 0 Å². The molecule has 1 heterocycles. The fourth-order valence-electron chi connectivity index (χ4n) is 2.56. The van der Waals surface area contributed by atoms with E-state index >= 15 is 0 Å². The molecule has 11 heteroatoms. The molecule has 0 aliphatic heterocycles. The van der Waals surface area contributed by atoms with Crippen LogP contribution in [-0.4, -0.2) is 27.0 Å². The van der Waals surface area contributed by atoms with Gasteiger partial charge >= 0.3 is 12.3 Å². The molecular formula is C15H12F3N3O5. The first-order valence-electron chi connectivity index (χ1n) is 7.47. The van der Waals surface area contributed by atoms with Crippen LogP contribution in [0.3, 0.4) is 0 Å². The second-order valence-electron chi connectivity index (χ2n) is 5.63. The molecule has 26 heavy (non-hydrogen) atoms. The first kappa shape index (κ1) is 17.7. The van der Waals surface area contributed by atoms with Crippen LogP contribution < -0.4 is 4.74 Å². The number of halogens is 3. The van der Waals surface area contributed by atoms with E-state index in [0.717, 1.165) is 16.9 Å². The summed E-state index contributed by atoms with van der Waals surface area (Å²) in [5.74, 6) is 0.0582. The number of carbonyl (C=O) groups excluding carboxylic acids is 1. The molecule has 0 N–H and O–H groups in total. The van der Waals surface area contributed by atoms with E-state index in [1.807, 2.05) is 0 Å². The van der Waals surface area contributed by atoms with Gasteiger partial charge in [-0.05, 0) is 18.2 Å². The summed E-state index contributed by atoms with van der Waals surface area (Å²) in [6.07, 6.45) is -4.69. The molecule has 3 rings (SSSR count). The number of aromatic nitrogens is 2. The van der Waals surface area contributed by atoms with E-state index in [-0.39, 0.29) is 24.3 Å². The zero-order chi connectivity index (χ0) is 18.9. The molecule has 138 valence electrons. The standard InChI is InChI=1S/C15H12F3N3O5/c16-15(17,18)13-5-6-19-20(13)10-7-12(8-10)26-14(22)25-11-3-1-9(2-4-11)21(23)24/h1-6,10,12H,7-8H2. The second-order valence-corrected chi connectivity index (χ2v) is 5.63. The zero-order valence-corrected chi connectivity index (χ0v) is 13.0. The third-order valence-corrected chi connectivity index (χ3v) is 3.89. The normalized spacial score (nSPS) is 19.5. The van der Waals surface area contributed by atoms with Crippen LogP contribution in [0.4, 0.5) is 23.7 Å². The Hall–Kier alpha value is -3.11. The van der Waals surface area contributed by atoms with E-state index in [9.17, 15) is 28.1 Å². The van der Waals surface area contributed by atoms with Crippen LogP contribution in [0.5, 0.6) is 5.75 Å². The first-order valence-corrected chi connectivity index (χ1v) is 7.47. The lowest BCUT2D eigenvalue weighted by atomic mass is 9.89. The molecule has 0 unspecified atom stereocenters. The molecule has 0 spiro atoms. The number of nitro groups is 1. The van der Waals surface area contributed by atoms with Gasteiger partial charge in [-0.15, -0.1) is 0 Å². The molecule has 1 aromatic heterocycles. The van der Waals surface area contributed by atoms with Crippen molar-refractivity contribution in [2.75, 3.05) is 0 Å². The second kappa shape index (κ2) is 6.65. The van der Waals surface area contributed by atoms with Gasteiger partial charge in [-0.1, -0.05) is 0 Å². The highest BCUT2D eigenvalue weighted by Crippen LogP contribution is 2.39. The first-order chi connectivity index (χ1) is 12.2. The molecule has 1 aromatic carbocycles. The number of nitrogens with zero attached hydrogens (tertiary/aromatic N) is 3. The minimum absolute atomic E-state index is 0.0582. The van der Waals surface area contributed by atoms with Crippen molar-refractivity contribution in [1.29, 1.82) is 0 Å². The van der Waals surface area contributed by atoms with Gasteiger partial charge in [-0.3, -0.25) is 14.8 Å². The molecule has 0 saturated heterocycles. The number of ether oxygens (including phenoxy) is 2. The number of alkyl halides is 3. The van der Waals surface area contributed by atoms with E-state index in [2.05, 4.69) is 5.10 Å². The molecule has 0 amide bonds. The number of nitro benzene ring substituents is 1. The Labute approximate surface area is 144 Å². The molecular weight excluding hydrogens is 359 g/mol. The quantitative estimate of drug-likeness (QED) is 0.352. The smallest absolute Gasteiger partial charge is 0.431 e. The maximum absolute atomic E-state index is 12.8. The molecule has 0 atom stereocenters. The molecule has 1 aliphatic carbocycles. The fraction of sp³-hybridized carbons (Fsp3) is 0.333. The van der Waals surface area contributed by atoms with Gasteiger partial charge in [0.05, 0.1) is 11.0 Å². The summed E-state index contributed by atoms with van der Waals surface area (Å²) < 4.78 is 49.2. The lowest BCUT2D eigenvalue weighted by Crippen LogP contribution is -2.37. The monoisotopic (exact) mass is 371 g/mol. The maximum Gasteiger partial charge on any atom is 0.514 e. The summed E-state index contributed by atoms with van der Waals surface area (Å²) in [4.78, 5) is 21.6. The van der Waals surface area contributed by atoms with E-state index in [1.54, 1.807) is 0 Å². The topological polar surface area (TPSA) is 96.5 Å².